The minimum Gasteiger partial charge on any atom is -0.287 e. The highest BCUT2D eigenvalue weighted by atomic mass is 32.1. The van der Waals surface area contributed by atoms with Gasteiger partial charge in [-0.2, -0.15) is 0 Å². The number of aryl methyl sites for hydroxylation is 4. The van der Waals surface area contributed by atoms with Crippen LogP contribution in [0.15, 0.2) is 21.7 Å². The van der Waals surface area contributed by atoms with Gasteiger partial charge in [0.25, 0.3) is 0 Å². The fourth-order valence-electron chi connectivity index (χ4n) is 7.28. The molecule has 0 saturated carbocycles. The van der Waals surface area contributed by atoms with E-state index in [9.17, 15) is 27.2 Å². The van der Waals surface area contributed by atoms with Crippen molar-refractivity contribution in [3.05, 3.63) is 100.0 Å². The summed E-state index contributed by atoms with van der Waals surface area (Å²) < 4.78 is 120. The minimum atomic E-state index is -2.20. The topological polar surface area (TPSA) is 85.7 Å². The second-order valence-electron chi connectivity index (χ2n) is 12.7. The van der Waals surface area contributed by atoms with Crippen LogP contribution in [-0.2, 0) is 12.8 Å². The van der Waals surface area contributed by atoms with Crippen LogP contribution in [0.2, 0.25) is 0 Å². The summed E-state index contributed by atoms with van der Waals surface area (Å²) in [6.45, 7) is 7.45. The molecule has 270 valence electrons. The Labute approximate surface area is 304 Å². The highest BCUT2D eigenvalue weighted by molar-refractivity contribution is 7.16. The van der Waals surface area contributed by atoms with Gasteiger partial charge < -0.3 is 0 Å². The highest BCUT2D eigenvalue weighted by Gasteiger charge is 2.33. The number of nitrogens with zero attached hydrogens (tertiary/aromatic N) is 4. The van der Waals surface area contributed by atoms with Crippen molar-refractivity contribution in [1.29, 1.82) is 0 Å². The van der Waals surface area contributed by atoms with Crippen LogP contribution < -0.4 is 10.9 Å². The molecule has 4 heterocycles. The Bertz CT molecular complexity index is 3090. The zero-order valence-corrected chi connectivity index (χ0v) is 29.6. The van der Waals surface area contributed by atoms with Crippen LogP contribution in [0.25, 0.3) is 86.6 Å². The number of aromatic nitrogens is 4. The van der Waals surface area contributed by atoms with E-state index in [1.807, 2.05) is 27.7 Å². The second kappa shape index (κ2) is 11.5. The van der Waals surface area contributed by atoms with Crippen LogP contribution in [0.4, 0.5) is 35.1 Å². The van der Waals surface area contributed by atoms with Crippen LogP contribution in [0.3, 0.4) is 0 Å². The van der Waals surface area contributed by atoms with Gasteiger partial charge in [-0.3, -0.25) is 9.59 Å². The van der Waals surface area contributed by atoms with Crippen LogP contribution >= 0.6 is 22.7 Å². The molecule has 0 spiro atoms. The smallest absolute Gasteiger partial charge is 0.217 e. The van der Waals surface area contributed by atoms with E-state index in [0.717, 1.165) is 20.9 Å². The lowest BCUT2D eigenvalue weighted by Gasteiger charge is -2.14. The van der Waals surface area contributed by atoms with Crippen LogP contribution in [0, 0.1) is 60.4 Å². The van der Waals surface area contributed by atoms with Crippen molar-refractivity contribution < 1.29 is 35.1 Å². The van der Waals surface area contributed by atoms with Gasteiger partial charge in [-0.1, -0.05) is 13.8 Å². The summed E-state index contributed by atoms with van der Waals surface area (Å²) in [7, 11) is 0. The summed E-state index contributed by atoms with van der Waals surface area (Å²) >= 11 is 2.49. The van der Waals surface area contributed by atoms with Crippen molar-refractivity contribution in [2.45, 2.75) is 40.5 Å². The summed E-state index contributed by atoms with van der Waals surface area (Å²) in [6.07, 6.45) is 1.13. The van der Waals surface area contributed by atoms with Crippen molar-refractivity contribution in [3.63, 3.8) is 0 Å². The number of thiophene rings is 2. The van der Waals surface area contributed by atoms with Crippen molar-refractivity contribution in [2.24, 2.45) is 0 Å². The fraction of sp³-hybridized carbons (Fsp3) is 0.158. The molecule has 0 aliphatic heterocycles. The van der Waals surface area contributed by atoms with Crippen molar-refractivity contribution in [3.8, 4) is 20.9 Å². The first-order chi connectivity index (χ1) is 25.7. The summed E-state index contributed by atoms with van der Waals surface area (Å²) in [6, 6.07) is 3.55. The summed E-state index contributed by atoms with van der Waals surface area (Å²) in [5.41, 5.74) is -3.43. The molecule has 0 unspecified atom stereocenters. The van der Waals surface area contributed by atoms with Crippen molar-refractivity contribution in [2.75, 3.05) is 0 Å². The predicted octanol–water partition coefficient (Wildman–Crippen LogP) is 10.1. The largest absolute Gasteiger partial charge is 0.287 e. The number of halogens is 8. The first-order valence-corrected chi connectivity index (χ1v) is 17.9. The number of hydrogen-bond donors (Lipinski definition) is 0. The zero-order valence-electron chi connectivity index (χ0n) is 28.0. The Morgan fingerprint density at radius 3 is 1.04 bits per heavy atom. The number of hydrogen-bond acceptors (Lipinski definition) is 8. The molecule has 0 bridgehead atoms. The molecule has 0 N–H and O–H groups in total. The lowest BCUT2D eigenvalue weighted by Crippen LogP contribution is -2.05. The number of fused-ring (bicyclic) bond motifs is 8. The van der Waals surface area contributed by atoms with Gasteiger partial charge in [-0.05, 0) is 49.9 Å². The van der Waals surface area contributed by atoms with E-state index in [2.05, 4.69) is 19.9 Å². The van der Waals surface area contributed by atoms with E-state index < -0.39 is 101 Å². The molecule has 0 saturated heterocycles. The van der Waals surface area contributed by atoms with Gasteiger partial charge in [0.2, 0.25) is 10.9 Å². The van der Waals surface area contributed by atoms with Gasteiger partial charge in [0.15, 0.2) is 46.5 Å². The fourth-order valence-corrected chi connectivity index (χ4v) is 9.61. The van der Waals surface area contributed by atoms with Gasteiger partial charge in [-0.25, -0.2) is 55.1 Å². The van der Waals surface area contributed by atoms with E-state index in [1.165, 1.54) is 22.7 Å². The van der Waals surface area contributed by atoms with Gasteiger partial charge in [0.05, 0.1) is 21.5 Å². The molecule has 0 aliphatic rings. The monoisotopic (exact) mass is 778 g/mol. The third-order valence-electron chi connectivity index (χ3n) is 9.93. The SMILES string of the molecule is CCc1cc(-c2c3nc4c(=O)c5c(F)c(F)c(F)c(F)c5c4nc3c(-c3cc(CC)c(C)s3)c3nc4c(=O)c5c(F)c(F)c(F)c(F)c5c4nc23)sc1C. The van der Waals surface area contributed by atoms with E-state index in [0.29, 0.717) is 22.6 Å². The third-order valence-corrected chi connectivity index (χ3v) is 12.1. The first-order valence-electron chi connectivity index (χ1n) is 16.3. The summed E-state index contributed by atoms with van der Waals surface area (Å²) in [5.74, 6) is -16.3. The molecule has 5 aromatic carbocycles. The lowest BCUT2D eigenvalue weighted by molar-refractivity contribution is 0.418. The number of rotatable bonds is 4. The Morgan fingerprint density at radius 2 is 0.741 bits per heavy atom. The lowest BCUT2D eigenvalue weighted by atomic mass is 9.99. The standard InChI is InChI=1S/C38H18F8N4O2S2/c1-5-11-7-13(53-9(11)3)15-29-32(50-36-33(47-29)17-19(38(36)52)23(41)27(45)25(43)21(17)39)16(14-8-12(6-2)10(4)54-14)30-31(15)49-35-34(48-30)18-20(37(35)51)24(42)28(46)26(44)22(18)40/h7-8H,5-6H2,1-4H3. The Kier molecular flexibility index (Phi) is 7.31. The van der Waals surface area contributed by atoms with Crippen molar-refractivity contribution >= 4 is 88.4 Å². The molecule has 0 fully saturated rings. The first kappa shape index (κ1) is 34.3. The maximum absolute atomic E-state index is 15.5. The average Bonchev–Trinajstić information content (AvgIpc) is 3.88. The van der Waals surface area contributed by atoms with E-state index >= 15 is 17.6 Å². The van der Waals surface area contributed by atoms with Gasteiger partial charge in [0, 0.05) is 30.6 Å². The molecule has 4 aromatic heterocycles. The Morgan fingerprint density at radius 1 is 0.444 bits per heavy atom. The van der Waals surface area contributed by atoms with Crippen LogP contribution in [0.1, 0.15) is 34.7 Å². The summed E-state index contributed by atoms with van der Waals surface area (Å²) in [4.78, 5) is 48.3. The molecule has 0 radical (unpaired) electrons. The Hall–Kier alpha value is -5.48. The molecule has 0 amide bonds. The second-order valence-corrected chi connectivity index (χ2v) is 15.3. The number of benzene rings is 3. The summed E-state index contributed by atoms with van der Waals surface area (Å²) in [5, 5.41) is -4.08. The maximum atomic E-state index is 15.5. The van der Waals surface area contributed by atoms with Gasteiger partial charge in [0.1, 0.15) is 44.1 Å². The van der Waals surface area contributed by atoms with Gasteiger partial charge in [-0.15, -0.1) is 22.7 Å². The maximum Gasteiger partial charge on any atom is 0.217 e. The van der Waals surface area contributed by atoms with E-state index in [4.69, 9.17) is 0 Å². The molecule has 9 aromatic rings. The van der Waals surface area contributed by atoms with E-state index in [-0.39, 0.29) is 33.2 Å². The average molecular weight is 779 g/mol. The van der Waals surface area contributed by atoms with E-state index in [1.54, 1.807) is 12.1 Å². The highest BCUT2D eigenvalue weighted by Crippen LogP contribution is 2.47. The minimum absolute atomic E-state index is 0.0945. The Balaban J connectivity index is 1.61. The molecule has 0 atom stereocenters. The van der Waals surface area contributed by atoms with Crippen molar-refractivity contribution in [1.82, 2.24) is 19.9 Å². The van der Waals surface area contributed by atoms with Gasteiger partial charge >= 0.3 is 0 Å². The zero-order chi connectivity index (χ0) is 38.4. The molecular weight excluding hydrogens is 761 g/mol. The molecule has 0 aliphatic carbocycles. The third kappa shape index (κ3) is 4.25. The molecular formula is C38H18F8N4O2S2. The van der Waals surface area contributed by atoms with Crippen LogP contribution in [0.5, 0.6) is 0 Å². The molecule has 6 nitrogen and oxygen atoms in total. The molecule has 9 rings (SSSR count). The quantitative estimate of drug-likeness (QED) is 0.0766. The van der Waals surface area contributed by atoms with Crippen LogP contribution in [-0.4, -0.2) is 19.9 Å². The normalized spacial score (nSPS) is 12.4. The molecule has 16 heteroatoms. The predicted molar refractivity (Wildman–Crippen MR) is 192 cm³/mol. The molecule has 54 heavy (non-hydrogen) atoms.